The van der Waals surface area contributed by atoms with Crippen molar-refractivity contribution in [3.63, 3.8) is 0 Å². The van der Waals surface area contributed by atoms with Gasteiger partial charge in [-0.05, 0) is 67.5 Å². The van der Waals surface area contributed by atoms with Crippen molar-refractivity contribution in [1.29, 1.82) is 0 Å². The minimum atomic E-state index is 0.297. The van der Waals surface area contributed by atoms with Gasteiger partial charge in [-0.15, -0.1) is 5.10 Å². The second-order valence-electron chi connectivity index (χ2n) is 5.01. The van der Waals surface area contributed by atoms with Crippen LogP contribution in [0.25, 0.3) is 0 Å². The van der Waals surface area contributed by atoms with Gasteiger partial charge in [-0.25, -0.2) is 4.68 Å². The third kappa shape index (κ3) is 1.52. The van der Waals surface area contributed by atoms with Crippen molar-refractivity contribution in [2.24, 2.45) is 5.92 Å². The molecule has 2 heterocycles. The molecular weight excluding hydrogens is 268 g/mol. The minimum Gasteiger partial charge on any atom is -0.317 e. The molecule has 3 rings (SSSR count). The Morgan fingerprint density at radius 3 is 2.56 bits per heavy atom. The fraction of sp³-hybridized carbons (Fsp3) is 0.818. The third-order valence-electron chi connectivity index (χ3n) is 4.12. The first-order valence-electron chi connectivity index (χ1n) is 6.03. The molecule has 0 radical (unpaired) electrons. The summed E-state index contributed by atoms with van der Waals surface area (Å²) in [6, 6.07) is 0. The van der Waals surface area contributed by atoms with Crippen LogP contribution in [0.3, 0.4) is 0 Å². The van der Waals surface area contributed by atoms with Gasteiger partial charge in [-0.2, -0.15) is 0 Å². The molecular formula is C11H17BrN4. The van der Waals surface area contributed by atoms with Crippen LogP contribution in [-0.2, 0) is 5.54 Å². The van der Waals surface area contributed by atoms with Crippen LogP contribution in [0.4, 0.5) is 0 Å². The molecule has 0 bridgehead atoms. The lowest BCUT2D eigenvalue weighted by molar-refractivity contribution is 0.216. The molecule has 2 fully saturated rings. The molecule has 0 unspecified atom stereocenters. The van der Waals surface area contributed by atoms with Crippen LogP contribution in [0, 0.1) is 12.8 Å². The van der Waals surface area contributed by atoms with Crippen molar-refractivity contribution in [1.82, 2.24) is 20.3 Å². The first kappa shape index (κ1) is 10.7. The Labute approximate surface area is 104 Å². The summed E-state index contributed by atoms with van der Waals surface area (Å²) in [7, 11) is 0. The van der Waals surface area contributed by atoms with Crippen LogP contribution in [0.1, 0.15) is 31.4 Å². The molecule has 1 N–H and O–H groups in total. The highest BCUT2D eigenvalue weighted by molar-refractivity contribution is 9.10. The Kier molecular flexibility index (Phi) is 2.55. The highest BCUT2D eigenvalue weighted by Gasteiger charge is 2.52. The summed E-state index contributed by atoms with van der Waals surface area (Å²) >= 11 is 3.45. The maximum atomic E-state index is 4.32. The van der Waals surface area contributed by atoms with E-state index in [0.29, 0.717) is 5.54 Å². The molecule has 4 nitrogen and oxygen atoms in total. The summed E-state index contributed by atoms with van der Waals surface area (Å²) in [4.78, 5) is 0. The molecule has 1 aromatic heterocycles. The zero-order chi connectivity index (χ0) is 11.2. The topological polar surface area (TPSA) is 42.7 Å². The second-order valence-corrected chi connectivity index (χ2v) is 5.76. The molecule has 1 saturated carbocycles. The van der Waals surface area contributed by atoms with Crippen molar-refractivity contribution in [3.8, 4) is 0 Å². The summed E-state index contributed by atoms with van der Waals surface area (Å²) in [5.41, 5.74) is 1.47. The van der Waals surface area contributed by atoms with E-state index in [1.54, 1.807) is 0 Å². The van der Waals surface area contributed by atoms with Crippen LogP contribution >= 0.6 is 15.9 Å². The van der Waals surface area contributed by atoms with E-state index in [2.05, 4.69) is 43.2 Å². The molecule has 1 aromatic rings. The number of halogens is 1. The van der Waals surface area contributed by atoms with E-state index in [1.807, 2.05) is 0 Å². The van der Waals surface area contributed by atoms with E-state index in [1.165, 1.54) is 31.4 Å². The van der Waals surface area contributed by atoms with Crippen molar-refractivity contribution < 1.29 is 0 Å². The molecule has 1 saturated heterocycles. The summed E-state index contributed by atoms with van der Waals surface area (Å²) < 4.78 is 3.07. The van der Waals surface area contributed by atoms with Gasteiger partial charge in [-0.3, -0.25) is 0 Å². The molecule has 16 heavy (non-hydrogen) atoms. The van der Waals surface area contributed by atoms with Gasteiger partial charge in [0.2, 0.25) is 0 Å². The monoisotopic (exact) mass is 284 g/mol. The molecule has 1 aliphatic carbocycles. The molecule has 88 valence electrons. The maximum Gasteiger partial charge on any atom is 0.151 e. The van der Waals surface area contributed by atoms with E-state index < -0.39 is 0 Å². The van der Waals surface area contributed by atoms with Crippen LogP contribution in [0.2, 0.25) is 0 Å². The van der Waals surface area contributed by atoms with Gasteiger partial charge in [0.15, 0.2) is 4.60 Å². The predicted octanol–water partition coefficient (Wildman–Crippen LogP) is 1.84. The Morgan fingerprint density at radius 2 is 2.06 bits per heavy atom. The zero-order valence-corrected chi connectivity index (χ0v) is 11.1. The Bertz CT molecular complexity index is 391. The molecule has 0 amide bonds. The van der Waals surface area contributed by atoms with E-state index in [9.17, 15) is 0 Å². The first-order valence-corrected chi connectivity index (χ1v) is 6.82. The van der Waals surface area contributed by atoms with Crippen molar-refractivity contribution in [3.05, 3.63) is 10.3 Å². The van der Waals surface area contributed by atoms with Crippen LogP contribution in [0.15, 0.2) is 4.60 Å². The van der Waals surface area contributed by atoms with Gasteiger partial charge in [0, 0.05) is 0 Å². The average molecular weight is 285 g/mol. The second kappa shape index (κ2) is 3.81. The van der Waals surface area contributed by atoms with Crippen LogP contribution in [0.5, 0.6) is 0 Å². The van der Waals surface area contributed by atoms with Gasteiger partial charge in [0.25, 0.3) is 0 Å². The van der Waals surface area contributed by atoms with E-state index in [0.717, 1.165) is 23.6 Å². The largest absolute Gasteiger partial charge is 0.317 e. The average Bonchev–Trinajstić information content (AvgIpc) is 3.05. The number of nitrogens with zero attached hydrogens (tertiary/aromatic N) is 3. The number of aromatic nitrogens is 3. The molecule has 1 aliphatic heterocycles. The summed E-state index contributed by atoms with van der Waals surface area (Å²) in [6.45, 7) is 4.41. The Hall–Kier alpha value is -0.420. The van der Waals surface area contributed by atoms with Crippen LogP contribution in [-0.4, -0.2) is 28.1 Å². The number of rotatable bonds is 2. The summed E-state index contributed by atoms with van der Waals surface area (Å²) in [6.07, 6.45) is 5.09. The molecule has 0 atom stereocenters. The number of hydrogen-bond donors (Lipinski definition) is 1. The smallest absolute Gasteiger partial charge is 0.151 e. The fourth-order valence-electron chi connectivity index (χ4n) is 3.01. The highest BCUT2D eigenvalue weighted by Crippen LogP contribution is 2.52. The van der Waals surface area contributed by atoms with Crippen molar-refractivity contribution >= 4 is 15.9 Å². The van der Waals surface area contributed by atoms with E-state index >= 15 is 0 Å². The quantitative estimate of drug-likeness (QED) is 0.901. The van der Waals surface area contributed by atoms with Gasteiger partial charge in [-0.1, -0.05) is 5.21 Å². The molecule has 0 aromatic carbocycles. The lowest BCUT2D eigenvalue weighted by Gasteiger charge is -2.31. The van der Waals surface area contributed by atoms with Crippen molar-refractivity contribution in [2.75, 3.05) is 13.1 Å². The van der Waals surface area contributed by atoms with E-state index in [-0.39, 0.29) is 0 Å². The third-order valence-corrected chi connectivity index (χ3v) is 4.85. The predicted molar refractivity (Wildman–Crippen MR) is 65.3 cm³/mol. The normalized spacial score (nSPS) is 24.6. The molecule has 2 aliphatic rings. The Morgan fingerprint density at radius 1 is 1.38 bits per heavy atom. The van der Waals surface area contributed by atoms with E-state index in [4.69, 9.17) is 0 Å². The lowest BCUT2D eigenvalue weighted by atomic mass is 9.88. The van der Waals surface area contributed by atoms with Gasteiger partial charge in [0.1, 0.15) is 0 Å². The Balaban J connectivity index is 1.90. The standard InChI is InChI=1S/C11H17BrN4/c1-8-10(12)14-15-16(8)11(4-5-11)9-2-6-13-7-3-9/h9,13H,2-7H2,1H3. The highest BCUT2D eigenvalue weighted by atomic mass is 79.9. The SMILES string of the molecule is Cc1c(Br)nnn1C1(C2CCNCC2)CC1. The van der Waals surface area contributed by atoms with Crippen LogP contribution < -0.4 is 5.32 Å². The zero-order valence-electron chi connectivity index (χ0n) is 9.54. The van der Waals surface area contributed by atoms with Gasteiger partial charge in [0.05, 0.1) is 11.2 Å². The van der Waals surface area contributed by atoms with Gasteiger partial charge < -0.3 is 5.32 Å². The minimum absolute atomic E-state index is 0.297. The molecule has 0 spiro atoms. The number of hydrogen-bond acceptors (Lipinski definition) is 3. The van der Waals surface area contributed by atoms with Crippen molar-refractivity contribution in [2.45, 2.75) is 38.1 Å². The number of piperidine rings is 1. The number of nitrogens with one attached hydrogen (secondary N) is 1. The lowest BCUT2D eigenvalue weighted by Crippen LogP contribution is -2.38. The fourth-order valence-corrected chi connectivity index (χ4v) is 3.25. The summed E-state index contributed by atoms with van der Waals surface area (Å²) in [5, 5.41) is 11.9. The summed E-state index contributed by atoms with van der Waals surface area (Å²) in [5.74, 6) is 0.779. The van der Waals surface area contributed by atoms with Gasteiger partial charge >= 0.3 is 0 Å². The maximum absolute atomic E-state index is 4.32. The first-order chi connectivity index (χ1) is 7.74. The molecule has 5 heteroatoms.